The summed E-state index contributed by atoms with van der Waals surface area (Å²) in [6.45, 7) is 0. The van der Waals surface area contributed by atoms with E-state index in [0.717, 1.165) is 5.56 Å². The first-order valence-electron chi connectivity index (χ1n) is 3.09. The molecule has 1 aromatic rings. The monoisotopic (exact) mass is 212 g/mol. The van der Waals surface area contributed by atoms with E-state index in [1.54, 1.807) is 23.2 Å². The van der Waals surface area contributed by atoms with Crippen LogP contribution >= 0.6 is 15.9 Å². The highest BCUT2D eigenvalue weighted by Gasteiger charge is 1.86. The Morgan fingerprint density at radius 3 is 2.45 bits per heavy atom. The van der Waals surface area contributed by atoms with Crippen molar-refractivity contribution >= 4 is 22.0 Å². The van der Waals surface area contributed by atoms with Crippen LogP contribution in [0.1, 0.15) is 5.56 Å². The van der Waals surface area contributed by atoms with Gasteiger partial charge in [-0.15, -0.1) is 5.73 Å². The average Bonchev–Trinajstić information content (AvgIpc) is 2.04. The molecule has 0 fully saturated rings. The lowest BCUT2D eigenvalue weighted by molar-refractivity contribution is 0.628. The Bertz CT molecular complexity index is 281. The molecule has 0 N–H and O–H groups in total. The summed E-state index contributed by atoms with van der Waals surface area (Å²) >= 11 is 3.08. The SMILES string of the molecule is Fc1ccc(C=C=CBr)cc1. The molecular weight excluding hydrogens is 207 g/mol. The van der Waals surface area contributed by atoms with Gasteiger partial charge in [-0.1, -0.05) is 28.1 Å². The van der Waals surface area contributed by atoms with Crippen LogP contribution in [0.3, 0.4) is 0 Å². The minimum Gasteiger partial charge on any atom is -0.207 e. The van der Waals surface area contributed by atoms with Crippen molar-refractivity contribution in [3.05, 3.63) is 46.4 Å². The van der Waals surface area contributed by atoms with Crippen molar-refractivity contribution in [2.45, 2.75) is 0 Å². The molecular formula is C9H6BrF. The summed E-state index contributed by atoms with van der Waals surface area (Å²) < 4.78 is 12.4. The van der Waals surface area contributed by atoms with Crippen molar-refractivity contribution in [1.29, 1.82) is 0 Å². The zero-order chi connectivity index (χ0) is 8.10. The van der Waals surface area contributed by atoms with Crippen molar-refractivity contribution in [3.63, 3.8) is 0 Å². The van der Waals surface area contributed by atoms with E-state index in [1.807, 2.05) is 0 Å². The predicted molar refractivity (Wildman–Crippen MR) is 47.9 cm³/mol. The molecule has 0 bridgehead atoms. The van der Waals surface area contributed by atoms with E-state index in [4.69, 9.17) is 0 Å². The van der Waals surface area contributed by atoms with Crippen molar-refractivity contribution in [2.75, 3.05) is 0 Å². The second-order valence-corrected chi connectivity index (χ2v) is 2.43. The Morgan fingerprint density at radius 1 is 1.27 bits per heavy atom. The van der Waals surface area contributed by atoms with Gasteiger partial charge in [0.25, 0.3) is 0 Å². The predicted octanol–water partition coefficient (Wildman–Crippen LogP) is 3.35. The summed E-state index contributed by atoms with van der Waals surface area (Å²) in [5.41, 5.74) is 3.76. The van der Waals surface area contributed by atoms with Crippen LogP contribution in [0.4, 0.5) is 4.39 Å². The molecule has 2 heteroatoms. The number of hydrogen-bond acceptors (Lipinski definition) is 0. The summed E-state index contributed by atoms with van der Waals surface area (Å²) in [5, 5.41) is 0. The fourth-order valence-corrected chi connectivity index (χ4v) is 0.819. The summed E-state index contributed by atoms with van der Waals surface area (Å²) in [6.07, 6.45) is 1.76. The summed E-state index contributed by atoms with van der Waals surface area (Å²) in [7, 11) is 0. The van der Waals surface area contributed by atoms with Gasteiger partial charge < -0.3 is 0 Å². The molecule has 0 aliphatic carbocycles. The van der Waals surface area contributed by atoms with Gasteiger partial charge in [0.2, 0.25) is 0 Å². The molecule has 1 rings (SSSR count). The maximum absolute atomic E-state index is 12.4. The van der Waals surface area contributed by atoms with Crippen molar-refractivity contribution in [2.24, 2.45) is 0 Å². The van der Waals surface area contributed by atoms with Gasteiger partial charge in [0.05, 0.1) is 0 Å². The van der Waals surface area contributed by atoms with Gasteiger partial charge in [-0.05, 0) is 23.8 Å². The molecule has 0 aliphatic rings. The largest absolute Gasteiger partial charge is 0.207 e. The second-order valence-electron chi connectivity index (χ2n) is 1.97. The van der Waals surface area contributed by atoms with Crippen LogP contribution in [-0.2, 0) is 0 Å². The quantitative estimate of drug-likeness (QED) is 0.627. The average molecular weight is 213 g/mol. The van der Waals surface area contributed by atoms with Gasteiger partial charge in [0.1, 0.15) is 5.82 Å². The Balaban J connectivity index is 2.90. The molecule has 0 spiro atoms. The van der Waals surface area contributed by atoms with E-state index < -0.39 is 0 Å². The number of hydrogen-bond donors (Lipinski definition) is 0. The minimum absolute atomic E-state index is 0.218. The van der Waals surface area contributed by atoms with E-state index in [9.17, 15) is 4.39 Å². The number of halogens is 2. The molecule has 1 aromatic carbocycles. The summed E-state index contributed by atoms with van der Waals surface area (Å²) in [4.78, 5) is 1.62. The molecule has 0 atom stereocenters. The molecule has 0 amide bonds. The normalized spacial score (nSPS) is 8.55. The topological polar surface area (TPSA) is 0 Å². The van der Waals surface area contributed by atoms with E-state index in [2.05, 4.69) is 21.7 Å². The molecule has 0 aliphatic heterocycles. The van der Waals surface area contributed by atoms with Gasteiger partial charge in [0.15, 0.2) is 0 Å². The van der Waals surface area contributed by atoms with Crippen LogP contribution in [0.5, 0.6) is 0 Å². The lowest BCUT2D eigenvalue weighted by atomic mass is 10.2. The molecule has 0 aromatic heterocycles. The van der Waals surface area contributed by atoms with E-state index in [-0.39, 0.29) is 5.82 Å². The zero-order valence-electron chi connectivity index (χ0n) is 5.72. The molecule has 0 nitrogen and oxygen atoms in total. The molecule has 0 unspecified atom stereocenters. The van der Waals surface area contributed by atoms with Gasteiger partial charge in [0, 0.05) is 4.99 Å². The third-order valence-electron chi connectivity index (χ3n) is 1.18. The second kappa shape index (κ2) is 4.12. The van der Waals surface area contributed by atoms with Gasteiger partial charge >= 0.3 is 0 Å². The lowest BCUT2D eigenvalue weighted by Gasteiger charge is -1.88. The Hall–Kier alpha value is -0.850. The van der Waals surface area contributed by atoms with Gasteiger partial charge in [-0.2, -0.15) is 0 Å². The fourth-order valence-electron chi connectivity index (χ4n) is 0.687. The van der Waals surface area contributed by atoms with Crippen LogP contribution in [0.15, 0.2) is 35.0 Å². The highest BCUT2D eigenvalue weighted by Crippen LogP contribution is 2.03. The molecule has 0 saturated heterocycles. The highest BCUT2D eigenvalue weighted by atomic mass is 79.9. The van der Waals surface area contributed by atoms with Crippen molar-refractivity contribution < 1.29 is 4.39 Å². The van der Waals surface area contributed by atoms with Crippen LogP contribution in [0, 0.1) is 5.82 Å². The fraction of sp³-hybridized carbons (Fsp3) is 0. The summed E-state index contributed by atoms with van der Waals surface area (Å²) in [5.74, 6) is -0.218. The Kier molecular flexibility index (Phi) is 3.09. The van der Waals surface area contributed by atoms with Gasteiger partial charge in [-0.3, -0.25) is 0 Å². The van der Waals surface area contributed by atoms with Crippen molar-refractivity contribution in [1.82, 2.24) is 0 Å². The smallest absolute Gasteiger partial charge is 0.123 e. The number of benzene rings is 1. The standard InChI is InChI=1S/C9H6BrF/c10-7-1-2-8-3-5-9(11)6-4-8/h2-7H. The maximum Gasteiger partial charge on any atom is 0.123 e. The first kappa shape index (κ1) is 8.25. The summed E-state index contributed by atoms with van der Waals surface area (Å²) in [6, 6.07) is 6.22. The van der Waals surface area contributed by atoms with E-state index >= 15 is 0 Å². The van der Waals surface area contributed by atoms with E-state index in [0.29, 0.717) is 0 Å². The highest BCUT2D eigenvalue weighted by molar-refractivity contribution is 9.11. The number of rotatable bonds is 1. The third-order valence-corrected chi connectivity index (χ3v) is 1.45. The molecule has 0 radical (unpaired) electrons. The maximum atomic E-state index is 12.4. The van der Waals surface area contributed by atoms with Crippen LogP contribution in [0.25, 0.3) is 6.08 Å². The first-order chi connectivity index (χ1) is 5.33. The Morgan fingerprint density at radius 2 is 1.91 bits per heavy atom. The van der Waals surface area contributed by atoms with Crippen molar-refractivity contribution in [3.8, 4) is 0 Å². The zero-order valence-corrected chi connectivity index (χ0v) is 7.31. The minimum atomic E-state index is -0.218. The van der Waals surface area contributed by atoms with Crippen LogP contribution < -0.4 is 0 Å². The van der Waals surface area contributed by atoms with Crippen LogP contribution in [-0.4, -0.2) is 0 Å². The first-order valence-corrected chi connectivity index (χ1v) is 4.01. The third kappa shape index (κ3) is 2.71. The molecule has 0 saturated carbocycles. The molecule has 0 heterocycles. The van der Waals surface area contributed by atoms with E-state index in [1.165, 1.54) is 12.1 Å². The molecule has 56 valence electrons. The van der Waals surface area contributed by atoms with Crippen LogP contribution in [0.2, 0.25) is 0 Å². The molecule has 11 heavy (non-hydrogen) atoms. The van der Waals surface area contributed by atoms with Gasteiger partial charge in [-0.25, -0.2) is 4.39 Å². The Labute approximate surface area is 73.2 Å². The lowest BCUT2D eigenvalue weighted by Crippen LogP contribution is -1.72.